The number of esters is 1. The van der Waals surface area contributed by atoms with Crippen molar-refractivity contribution in [2.24, 2.45) is 0 Å². The lowest BCUT2D eigenvalue weighted by Crippen LogP contribution is -2.40. The molecule has 1 fully saturated rings. The fourth-order valence-corrected chi connectivity index (χ4v) is 2.89. The van der Waals surface area contributed by atoms with E-state index in [9.17, 15) is 4.79 Å². The summed E-state index contributed by atoms with van der Waals surface area (Å²) in [6, 6.07) is 0.806. The Kier molecular flexibility index (Phi) is 6.10. The van der Waals surface area contributed by atoms with Crippen molar-refractivity contribution in [3.05, 3.63) is 0 Å². The lowest BCUT2D eigenvalue weighted by atomic mass is 10.1. The average molecular weight is 231 g/mol. The molecular formula is C11H21NO2S. The van der Waals surface area contributed by atoms with E-state index in [0.717, 1.165) is 0 Å². The van der Waals surface area contributed by atoms with Crippen LogP contribution in [0.3, 0.4) is 0 Å². The van der Waals surface area contributed by atoms with Gasteiger partial charge < -0.3 is 10.1 Å². The first kappa shape index (κ1) is 12.8. The zero-order chi connectivity index (χ0) is 11.1. The summed E-state index contributed by atoms with van der Waals surface area (Å²) in [5.74, 6) is 2.36. The molecule has 0 amide bonds. The van der Waals surface area contributed by atoms with Crippen LogP contribution < -0.4 is 5.32 Å². The van der Waals surface area contributed by atoms with Crippen LogP contribution in [0.15, 0.2) is 0 Å². The topological polar surface area (TPSA) is 38.3 Å². The summed E-state index contributed by atoms with van der Waals surface area (Å²) in [6.45, 7) is 4.37. The Bertz CT molecular complexity index is 193. The van der Waals surface area contributed by atoms with E-state index < -0.39 is 0 Å². The van der Waals surface area contributed by atoms with Crippen molar-refractivity contribution in [3.8, 4) is 0 Å². The van der Waals surface area contributed by atoms with Gasteiger partial charge in [0, 0.05) is 17.8 Å². The normalized spacial score (nSPS) is 23.5. The molecule has 0 aromatic heterocycles. The minimum atomic E-state index is -0.0963. The standard InChI is InChI=1S/C11H21NO2S/c1-3-14-11(13)7-9(2)12-10-5-4-6-15-8-10/h9-10,12H,3-8H2,1-2H3. The van der Waals surface area contributed by atoms with Crippen molar-refractivity contribution in [1.29, 1.82) is 0 Å². The maximum absolute atomic E-state index is 11.2. The molecule has 1 aliphatic heterocycles. The largest absolute Gasteiger partial charge is 0.466 e. The molecule has 1 N–H and O–H groups in total. The van der Waals surface area contributed by atoms with Crippen LogP contribution >= 0.6 is 11.8 Å². The quantitative estimate of drug-likeness (QED) is 0.732. The van der Waals surface area contributed by atoms with Crippen LogP contribution in [0.4, 0.5) is 0 Å². The minimum Gasteiger partial charge on any atom is -0.466 e. The summed E-state index contributed by atoms with van der Waals surface area (Å²) in [6.07, 6.45) is 3.00. The minimum absolute atomic E-state index is 0.0963. The molecule has 0 saturated carbocycles. The van der Waals surface area contributed by atoms with Gasteiger partial charge in [-0.05, 0) is 32.4 Å². The highest BCUT2D eigenvalue weighted by Gasteiger charge is 2.17. The van der Waals surface area contributed by atoms with Gasteiger partial charge in [-0.15, -0.1) is 0 Å². The Morgan fingerprint density at radius 1 is 1.67 bits per heavy atom. The van der Waals surface area contributed by atoms with E-state index in [1.807, 2.05) is 18.7 Å². The Hall–Kier alpha value is -0.220. The summed E-state index contributed by atoms with van der Waals surface area (Å²) >= 11 is 2.00. The second-order valence-electron chi connectivity index (χ2n) is 3.99. The third-order valence-corrected chi connectivity index (χ3v) is 3.67. The van der Waals surface area contributed by atoms with Crippen molar-refractivity contribution in [1.82, 2.24) is 5.32 Å². The van der Waals surface area contributed by atoms with Crippen molar-refractivity contribution in [3.63, 3.8) is 0 Å². The number of rotatable bonds is 5. The molecule has 2 atom stereocenters. The molecule has 3 nitrogen and oxygen atoms in total. The SMILES string of the molecule is CCOC(=O)CC(C)NC1CCCSC1. The molecule has 88 valence electrons. The molecule has 1 heterocycles. The molecule has 0 bridgehead atoms. The predicted octanol–water partition coefficient (Wildman–Crippen LogP) is 1.81. The van der Waals surface area contributed by atoms with E-state index in [4.69, 9.17) is 4.74 Å². The molecule has 0 spiro atoms. The van der Waals surface area contributed by atoms with Gasteiger partial charge in [0.1, 0.15) is 0 Å². The van der Waals surface area contributed by atoms with Crippen LogP contribution in [0.1, 0.15) is 33.1 Å². The second-order valence-corrected chi connectivity index (χ2v) is 5.14. The van der Waals surface area contributed by atoms with E-state index in [1.54, 1.807) is 0 Å². The van der Waals surface area contributed by atoms with E-state index in [2.05, 4.69) is 12.2 Å². The highest BCUT2D eigenvalue weighted by Crippen LogP contribution is 2.17. The van der Waals surface area contributed by atoms with Crippen LogP contribution in [0.25, 0.3) is 0 Å². The van der Waals surface area contributed by atoms with Crippen LogP contribution in [-0.4, -0.2) is 36.2 Å². The maximum Gasteiger partial charge on any atom is 0.307 e. The Morgan fingerprint density at radius 2 is 2.47 bits per heavy atom. The average Bonchev–Trinajstić information content (AvgIpc) is 2.19. The van der Waals surface area contributed by atoms with Crippen LogP contribution in [0.5, 0.6) is 0 Å². The fourth-order valence-electron chi connectivity index (χ4n) is 1.80. The molecule has 0 aliphatic carbocycles. The Labute approximate surface area is 96.3 Å². The number of hydrogen-bond donors (Lipinski definition) is 1. The van der Waals surface area contributed by atoms with Crippen LogP contribution in [0, 0.1) is 0 Å². The summed E-state index contributed by atoms with van der Waals surface area (Å²) in [4.78, 5) is 11.2. The van der Waals surface area contributed by atoms with Crippen molar-refractivity contribution in [2.75, 3.05) is 18.1 Å². The molecule has 1 aliphatic rings. The Morgan fingerprint density at radius 3 is 3.07 bits per heavy atom. The van der Waals surface area contributed by atoms with Gasteiger partial charge in [-0.2, -0.15) is 11.8 Å². The first-order valence-corrected chi connectivity index (χ1v) is 6.87. The maximum atomic E-state index is 11.2. The van der Waals surface area contributed by atoms with E-state index in [1.165, 1.54) is 24.3 Å². The van der Waals surface area contributed by atoms with Crippen molar-refractivity contribution in [2.45, 2.75) is 45.2 Å². The van der Waals surface area contributed by atoms with Crippen molar-refractivity contribution >= 4 is 17.7 Å². The third kappa shape index (κ3) is 5.42. The lowest BCUT2D eigenvalue weighted by molar-refractivity contribution is -0.143. The van der Waals surface area contributed by atoms with Gasteiger partial charge >= 0.3 is 5.97 Å². The zero-order valence-electron chi connectivity index (χ0n) is 9.62. The number of carbonyl (C=O) groups is 1. The first-order valence-electron chi connectivity index (χ1n) is 5.71. The van der Waals surface area contributed by atoms with Gasteiger partial charge in [0.15, 0.2) is 0 Å². The number of carbonyl (C=O) groups excluding carboxylic acids is 1. The zero-order valence-corrected chi connectivity index (χ0v) is 10.4. The number of thioether (sulfide) groups is 1. The molecule has 0 aromatic carbocycles. The van der Waals surface area contributed by atoms with Gasteiger partial charge in [0.2, 0.25) is 0 Å². The number of nitrogens with one attached hydrogen (secondary N) is 1. The van der Waals surface area contributed by atoms with Crippen LogP contribution in [0.2, 0.25) is 0 Å². The van der Waals surface area contributed by atoms with E-state index in [0.29, 0.717) is 19.1 Å². The van der Waals surface area contributed by atoms with Crippen molar-refractivity contribution < 1.29 is 9.53 Å². The summed E-state index contributed by atoms with van der Waals surface area (Å²) < 4.78 is 4.92. The van der Waals surface area contributed by atoms with Gasteiger partial charge in [-0.25, -0.2) is 0 Å². The van der Waals surface area contributed by atoms with Gasteiger partial charge in [0.05, 0.1) is 13.0 Å². The number of ether oxygens (including phenoxy) is 1. The summed E-state index contributed by atoms with van der Waals surface area (Å²) in [5.41, 5.74) is 0. The van der Waals surface area contributed by atoms with Gasteiger partial charge in [-0.1, -0.05) is 0 Å². The second kappa shape index (κ2) is 7.12. The Balaban J connectivity index is 2.16. The molecule has 4 heteroatoms. The molecule has 0 radical (unpaired) electrons. The molecule has 0 aromatic rings. The highest BCUT2D eigenvalue weighted by molar-refractivity contribution is 7.99. The predicted molar refractivity (Wildman–Crippen MR) is 64.2 cm³/mol. The van der Waals surface area contributed by atoms with Crippen LogP contribution in [-0.2, 0) is 9.53 Å². The monoisotopic (exact) mass is 231 g/mol. The molecule has 2 unspecified atom stereocenters. The fraction of sp³-hybridized carbons (Fsp3) is 0.909. The molecule has 1 saturated heterocycles. The highest BCUT2D eigenvalue weighted by atomic mass is 32.2. The lowest BCUT2D eigenvalue weighted by Gasteiger charge is -2.25. The van der Waals surface area contributed by atoms with E-state index >= 15 is 0 Å². The first-order chi connectivity index (χ1) is 7.22. The summed E-state index contributed by atoms with van der Waals surface area (Å²) in [5, 5.41) is 3.49. The molecular weight excluding hydrogens is 210 g/mol. The smallest absolute Gasteiger partial charge is 0.307 e. The van der Waals surface area contributed by atoms with Gasteiger partial charge in [0.25, 0.3) is 0 Å². The third-order valence-electron chi connectivity index (χ3n) is 2.46. The molecule has 1 rings (SSSR count). The summed E-state index contributed by atoms with van der Waals surface area (Å²) in [7, 11) is 0. The van der Waals surface area contributed by atoms with Gasteiger partial charge in [-0.3, -0.25) is 4.79 Å². The number of hydrogen-bond acceptors (Lipinski definition) is 4. The van der Waals surface area contributed by atoms with E-state index in [-0.39, 0.29) is 12.0 Å². The molecule has 15 heavy (non-hydrogen) atoms.